The number of nitrogens with zero attached hydrogens (tertiary/aromatic N) is 6. The van der Waals surface area contributed by atoms with Crippen LogP contribution < -0.4 is 20.4 Å². The maximum atomic E-state index is 14.2. The summed E-state index contributed by atoms with van der Waals surface area (Å²) in [5.74, 6) is -0.727. The molecular weight excluding hydrogens is 651 g/mol. The molecule has 0 unspecified atom stereocenters. The Morgan fingerprint density at radius 3 is 2.48 bits per heavy atom. The third kappa shape index (κ3) is 5.13. The number of aromatic hydroxyl groups is 1. The van der Waals surface area contributed by atoms with Gasteiger partial charge in [0.15, 0.2) is 5.69 Å². The van der Waals surface area contributed by atoms with Crippen molar-refractivity contribution in [3.8, 4) is 22.2 Å². The first-order valence-electron chi connectivity index (χ1n) is 15.5. The van der Waals surface area contributed by atoms with Crippen LogP contribution in [-0.2, 0) is 17.8 Å². The highest BCUT2D eigenvalue weighted by molar-refractivity contribution is 7.21. The number of hydrogen-bond donors (Lipinski definition) is 2. The zero-order valence-electron chi connectivity index (χ0n) is 26.1. The van der Waals surface area contributed by atoms with Crippen LogP contribution in [0.5, 0.6) is 11.6 Å². The van der Waals surface area contributed by atoms with E-state index in [1.807, 2.05) is 11.8 Å². The van der Waals surface area contributed by atoms with E-state index >= 15 is 0 Å². The number of fused-ring (bicyclic) bond motifs is 1. The van der Waals surface area contributed by atoms with Gasteiger partial charge in [0.1, 0.15) is 33.3 Å². The fourth-order valence-corrected chi connectivity index (χ4v) is 8.40. The van der Waals surface area contributed by atoms with Gasteiger partial charge in [-0.2, -0.15) is 13.2 Å². The van der Waals surface area contributed by atoms with Crippen LogP contribution in [0.4, 0.5) is 18.9 Å². The number of nitrogens with one attached hydrogen (secondary N) is 1. The summed E-state index contributed by atoms with van der Waals surface area (Å²) >= 11 is 1.23. The van der Waals surface area contributed by atoms with Crippen molar-refractivity contribution < 1.29 is 32.6 Å². The Bertz CT molecular complexity index is 1980. The first-order chi connectivity index (χ1) is 22.9. The van der Waals surface area contributed by atoms with E-state index in [0.717, 1.165) is 0 Å². The average molecular weight is 684 g/mol. The SMILES string of the molecule is CCc1c(N2CCN(C(=O)c3ncccc3O)CC2)c(=O)c2nc(-c3ccnc(OC)c3)sc2n1CC(=O)NC12CC(C(F)(F)F)(C1)C2. The monoisotopic (exact) mass is 683 g/mol. The molecule has 16 heteroatoms. The van der Waals surface area contributed by atoms with Crippen LogP contribution in [0.25, 0.3) is 20.9 Å². The van der Waals surface area contributed by atoms with Crippen molar-refractivity contribution >= 4 is 39.2 Å². The average Bonchev–Trinajstić information content (AvgIpc) is 3.49. The molecule has 4 fully saturated rings. The summed E-state index contributed by atoms with van der Waals surface area (Å²) < 4.78 is 47.4. The lowest BCUT2D eigenvalue weighted by molar-refractivity contribution is -0.337. The van der Waals surface area contributed by atoms with Gasteiger partial charge in [0.25, 0.3) is 5.91 Å². The van der Waals surface area contributed by atoms with Gasteiger partial charge in [0, 0.05) is 61.4 Å². The molecule has 3 aliphatic carbocycles. The molecular formula is C32H32F3N7O5S. The zero-order valence-corrected chi connectivity index (χ0v) is 27.0. The van der Waals surface area contributed by atoms with Gasteiger partial charge >= 0.3 is 6.18 Å². The topological polar surface area (TPSA) is 143 Å². The largest absolute Gasteiger partial charge is 0.505 e. The first-order valence-corrected chi connectivity index (χ1v) is 16.3. The van der Waals surface area contributed by atoms with Gasteiger partial charge in [-0.25, -0.2) is 15.0 Å². The number of pyridine rings is 3. The Morgan fingerprint density at radius 1 is 1.10 bits per heavy atom. The van der Waals surface area contributed by atoms with E-state index in [4.69, 9.17) is 9.72 Å². The third-order valence-corrected chi connectivity index (χ3v) is 10.7. The predicted molar refractivity (Wildman–Crippen MR) is 170 cm³/mol. The molecule has 0 radical (unpaired) electrons. The Kier molecular flexibility index (Phi) is 7.60. The Balaban J connectivity index is 1.23. The normalized spacial score (nSPS) is 21.9. The summed E-state index contributed by atoms with van der Waals surface area (Å²) in [5, 5.41) is 13.5. The van der Waals surface area contributed by atoms with Crippen molar-refractivity contribution in [2.45, 2.75) is 50.9 Å². The summed E-state index contributed by atoms with van der Waals surface area (Å²) in [6.07, 6.45) is -1.33. The van der Waals surface area contributed by atoms with E-state index < -0.39 is 28.9 Å². The molecule has 12 nitrogen and oxygen atoms in total. The fraction of sp³-hybridized carbons (Fsp3) is 0.438. The van der Waals surface area contributed by atoms with Crippen molar-refractivity contribution in [3.05, 3.63) is 58.3 Å². The molecule has 0 aromatic carbocycles. The predicted octanol–water partition coefficient (Wildman–Crippen LogP) is 3.76. The van der Waals surface area contributed by atoms with E-state index in [1.54, 1.807) is 27.8 Å². The molecule has 4 aromatic heterocycles. The van der Waals surface area contributed by atoms with Gasteiger partial charge in [0.2, 0.25) is 17.2 Å². The van der Waals surface area contributed by atoms with Gasteiger partial charge in [-0.05, 0) is 43.9 Å². The number of methoxy groups -OCH3 is 1. The number of alkyl halides is 3. The lowest BCUT2D eigenvalue weighted by atomic mass is 9.39. The number of carbonyl (C=O) groups is 2. The molecule has 4 aromatic rings. The number of aromatic nitrogens is 4. The minimum atomic E-state index is -4.30. The molecule has 2 bridgehead atoms. The number of ether oxygens (including phenoxy) is 1. The van der Waals surface area contributed by atoms with E-state index in [9.17, 15) is 32.7 Å². The van der Waals surface area contributed by atoms with Crippen LogP contribution in [0.2, 0.25) is 0 Å². The summed E-state index contributed by atoms with van der Waals surface area (Å²) in [7, 11) is 1.49. The van der Waals surface area contributed by atoms with Crippen LogP contribution in [0.15, 0.2) is 41.5 Å². The van der Waals surface area contributed by atoms with Crippen molar-refractivity contribution in [2.24, 2.45) is 5.41 Å². The summed E-state index contributed by atoms with van der Waals surface area (Å²) in [4.78, 5) is 57.6. The number of rotatable bonds is 8. The van der Waals surface area contributed by atoms with Crippen molar-refractivity contribution in [3.63, 3.8) is 0 Å². The molecule has 2 N–H and O–H groups in total. The summed E-state index contributed by atoms with van der Waals surface area (Å²) in [5.41, 5.74) is -1.19. The van der Waals surface area contributed by atoms with Gasteiger partial charge in [-0.3, -0.25) is 14.4 Å². The molecule has 1 aliphatic heterocycles. The first kappa shape index (κ1) is 31.8. The van der Waals surface area contributed by atoms with Crippen molar-refractivity contribution in [2.75, 3.05) is 38.2 Å². The number of thiazole rings is 1. The molecule has 2 amide bonds. The molecule has 3 saturated carbocycles. The van der Waals surface area contributed by atoms with Crippen LogP contribution in [-0.4, -0.2) is 86.3 Å². The number of amides is 2. The molecule has 4 aliphatic rings. The second-order valence-electron chi connectivity index (χ2n) is 12.6. The van der Waals surface area contributed by atoms with Crippen LogP contribution in [0, 0.1) is 5.41 Å². The second-order valence-corrected chi connectivity index (χ2v) is 13.6. The number of anilines is 1. The van der Waals surface area contributed by atoms with Gasteiger partial charge in [-0.1, -0.05) is 18.3 Å². The number of carbonyl (C=O) groups excluding carboxylic acids is 2. The van der Waals surface area contributed by atoms with Crippen molar-refractivity contribution in [1.82, 2.24) is 29.7 Å². The van der Waals surface area contributed by atoms with E-state index in [0.29, 0.717) is 52.2 Å². The minimum absolute atomic E-state index is 0.0532. The van der Waals surface area contributed by atoms with E-state index in [1.165, 1.54) is 36.8 Å². The molecule has 5 heterocycles. The lowest BCUT2D eigenvalue weighted by Gasteiger charge is -2.70. The summed E-state index contributed by atoms with van der Waals surface area (Å²) in [6.45, 7) is 2.73. The van der Waals surface area contributed by atoms with Gasteiger partial charge < -0.3 is 29.5 Å². The number of hydrogen-bond acceptors (Lipinski definition) is 10. The van der Waals surface area contributed by atoms with Crippen LogP contribution >= 0.6 is 11.3 Å². The smallest absolute Gasteiger partial charge is 0.394 e. The highest BCUT2D eigenvalue weighted by Gasteiger charge is 2.78. The van der Waals surface area contributed by atoms with Gasteiger partial charge in [0.05, 0.1) is 12.5 Å². The second kappa shape index (κ2) is 11.5. The highest BCUT2D eigenvalue weighted by atomic mass is 32.1. The highest BCUT2D eigenvalue weighted by Crippen LogP contribution is 2.73. The van der Waals surface area contributed by atoms with Crippen LogP contribution in [0.1, 0.15) is 42.4 Å². The van der Waals surface area contributed by atoms with Gasteiger partial charge in [-0.15, -0.1) is 0 Å². The maximum Gasteiger partial charge on any atom is 0.394 e. The Labute approximate surface area is 276 Å². The third-order valence-electron chi connectivity index (χ3n) is 9.62. The molecule has 48 heavy (non-hydrogen) atoms. The summed E-state index contributed by atoms with van der Waals surface area (Å²) in [6, 6.07) is 6.35. The minimum Gasteiger partial charge on any atom is -0.505 e. The Hall–Kier alpha value is -4.73. The molecule has 252 valence electrons. The fourth-order valence-electron chi connectivity index (χ4n) is 7.31. The number of piperazine rings is 1. The van der Waals surface area contributed by atoms with Crippen LogP contribution in [0.3, 0.4) is 0 Å². The standard InChI is InChI=1S/C32H32F3N7O5S/c1-3-19-25(40-9-11-41(12-10-40)28(46)23-20(43)5-4-7-37-23)26(45)24-29(48-27(38-24)18-6-8-36-22(13-18)47-2)42(19)14-21(44)39-31-15-30(16-31,17-31)32(33,34)35/h4-8,13,43H,3,9-12,14-17H2,1-2H3,(H,39,44). The molecule has 0 atom stereocenters. The van der Waals surface area contributed by atoms with E-state index in [-0.39, 0.29) is 61.3 Å². The Morgan fingerprint density at radius 2 is 1.83 bits per heavy atom. The van der Waals surface area contributed by atoms with Crippen molar-refractivity contribution in [1.29, 1.82) is 0 Å². The quantitative estimate of drug-likeness (QED) is 0.284. The zero-order chi connectivity index (χ0) is 34.0. The van der Waals surface area contributed by atoms with E-state index in [2.05, 4.69) is 15.3 Å². The molecule has 1 saturated heterocycles. The number of halogens is 3. The molecule has 8 rings (SSSR count). The lowest BCUT2D eigenvalue weighted by Crippen LogP contribution is -2.78. The molecule has 0 spiro atoms. The maximum absolute atomic E-state index is 14.2.